The van der Waals surface area contributed by atoms with Crippen LogP contribution >= 0.6 is 0 Å². The number of rotatable bonds is 6. The van der Waals surface area contributed by atoms with Gasteiger partial charge in [0.1, 0.15) is 6.61 Å². The number of halogens is 2. The maximum atomic E-state index is 13.3. The standard InChI is InChI=1S/C17H17F2N3O3/c18-17(19)10-5-4-8-14(9-11-17)24-12-15(23)25-16(21-22-20)13-6-2-1-3-7-13/h1-3,6-7,14,16H,4,8-9,11-12H2. The van der Waals surface area contributed by atoms with Gasteiger partial charge in [-0.15, -0.1) is 0 Å². The zero-order valence-corrected chi connectivity index (χ0v) is 13.4. The highest BCUT2D eigenvalue weighted by atomic mass is 19.3. The van der Waals surface area contributed by atoms with E-state index >= 15 is 0 Å². The van der Waals surface area contributed by atoms with Gasteiger partial charge < -0.3 is 9.47 Å². The van der Waals surface area contributed by atoms with E-state index in [1.165, 1.54) is 0 Å². The van der Waals surface area contributed by atoms with Crippen molar-refractivity contribution in [2.24, 2.45) is 5.11 Å². The number of alkyl halides is 2. The van der Waals surface area contributed by atoms with Crippen molar-refractivity contribution >= 4 is 5.97 Å². The van der Waals surface area contributed by atoms with Crippen molar-refractivity contribution in [3.8, 4) is 11.8 Å². The molecule has 25 heavy (non-hydrogen) atoms. The summed E-state index contributed by atoms with van der Waals surface area (Å²) in [5.41, 5.74) is 9.13. The average molecular weight is 349 g/mol. The van der Waals surface area contributed by atoms with Crippen LogP contribution in [0.1, 0.15) is 37.5 Å². The largest absolute Gasteiger partial charge is 0.450 e. The van der Waals surface area contributed by atoms with Gasteiger partial charge in [0.15, 0.2) is 0 Å². The molecule has 0 bridgehead atoms. The Hall–Kier alpha value is -2.62. The summed E-state index contributed by atoms with van der Waals surface area (Å²) in [4.78, 5) is 14.6. The molecular formula is C17H17F2N3O3. The predicted molar refractivity (Wildman–Crippen MR) is 85.4 cm³/mol. The van der Waals surface area contributed by atoms with Crippen LogP contribution in [0.25, 0.3) is 10.4 Å². The zero-order chi connectivity index (χ0) is 18.1. The van der Waals surface area contributed by atoms with Gasteiger partial charge in [0, 0.05) is 17.8 Å². The van der Waals surface area contributed by atoms with Gasteiger partial charge in [0.05, 0.1) is 6.10 Å². The molecule has 1 aliphatic carbocycles. The Morgan fingerprint density at radius 3 is 2.88 bits per heavy atom. The topological polar surface area (TPSA) is 84.3 Å². The molecule has 1 aromatic carbocycles. The molecule has 2 unspecified atom stereocenters. The second-order valence-corrected chi connectivity index (χ2v) is 5.47. The van der Waals surface area contributed by atoms with Crippen LogP contribution in [0, 0.1) is 11.8 Å². The Labute approximate surface area is 143 Å². The van der Waals surface area contributed by atoms with Crippen LogP contribution in [0.4, 0.5) is 8.78 Å². The number of carbonyl (C=O) groups is 1. The number of ether oxygens (including phenoxy) is 2. The summed E-state index contributed by atoms with van der Waals surface area (Å²) < 4.78 is 37.1. The molecule has 0 aromatic heterocycles. The molecule has 0 heterocycles. The van der Waals surface area contributed by atoms with Gasteiger partial charge in [-0.3, -0.25) is 0 Å². The molecule has 2 atom stereocenters. The van der Waals surface area contributed by atoms with Crippen LogP contribution < -0.4 is 0 Å². The van der Waals surface area contributed by atoms with Crippen molar-refractivity contribution in [1.29, 1.82) is 0 Å². The first kappa shape index (κ1) is 18.7. The molecule has 2 rings (SSSR count). The summed E-state index contributed by atoms with van der Waals surface area (Å²) in [5.74, 6) is 0.581. The van der Waals surface area contributed by atoms with E-state index in [0.29, 0.717) is 12.0 Å². The van der Waals surface area contributed by atoms with Crippen molar-refractivity contribution in [3.63, 3.8) is 0 Å². The Bertz CT molecular complexity index is 694. The number of hydrogen-bond acceptors (Lipinski definition) is 4. The second kappa shape index (κ2) is 9.02. The first-order chi connectivity index (χ1) is 12.0. The summed E-state index contributed by atoms with van der Waals surface area (Å²) in [6.07, 6.45) is -1.16. The number of hydrogen-bond donors (Lipinski definition) is 0. The van der Waals surface area contributed by atoms with Crippen LogP contribution in [-0.4, -0.2) is 24.6 Å². The Morgan fingerprint density at radius 2 is 2.16 bits per heavy atom. The highest BCUT2D eigenvalue weighted by molar-refractivity contribution is 5.71. The molecule has 0 aliphatic heterocycles. The van der Waals surface area contributed by atoms with E-state index in [4.69, 9.17) is 15.0 Å². The van der Waals surface area contributed by atoms with Crippen molar-refractivity contribution in [2.75, 3.05) is 6.61 Å². The Morgan fingerprint density at radius 1 is 1.40 bits per heavy atom. The molecule has 1 aliphatic rings. The first-order valence-electron chi connectivity index (χ1n) is 7.78. The molecule has 1 aromatic rings. The smallest absolute Gasteiger partial charge is 0.332 e. The monoisotopic (exact) mass is 349 g/mol. The summed E-state index contributed by atoms with van der Waals surface area (Å²) in [5, 5.41) is 3.44. The van der Waals surface area contributed by atoms with Crippen molar-refractivity contribution in [3.05, 3.63) is 46.3 Å². The SMILES string of the molecule is [N-]=[N+]=NC(OC(=O)COC1CCC#CC(F)(F)CC1)c1ccccc1. The third-order valence-electron chi connectivity index (χ3n) is 3.56. The Balaban J connectivity index is 1.87. The minimum atomic E-state index is -3.03. The highest BCUT2D eigenvalue weighted by Gasteiger charge is 2.29. The van der Waals surface area contributed by atoms with Crippen molar-refractivity contribution in [2.45, 2.75) is 43.9 Å². The van der Waals surface area contributed by atoms with Gasteiger partial charge in [-0.1, -0.05) is 36.3 Å². The van der Waals surface area contributed by atoms with E-state index < -0.39 is 37.3 Å². The lowest BCUT2D eigenvalue weighted by molar-refractivity contribution is -0.157. The molecule has 0 saturated carbocycles. The van der Waals surface area contributed by atoms with Gasteiger partial charge in [0.2, 0.25) is 6.23 Å². The van der Waals surface area contributed by atoms with E-state index in [1.54, 1.807) is 30.3 Å². The second-order valence-electron chi connectivity index (χ2n) is 5.47. The van der Waals surface area contributed by atoms with Gasteiger partial charge in [-0.25, -0.2) is 4.79 Å². The molecule has 0 N–H and O–H groups in total. The third kappa shape index (κ3) is 6.42. The minimum absolute atomic E-state index is 0.105. The molecule has 0 spiro atoms. The maximum absolute atomic E-state index is 13.3. The molecule has 0 saturated heterocycles. The summed E-state index contributed by atoms with van der Waals surface area (Å²) in [7, 11) is 0. The number of esters is 1. The maximum Gasteiger partial charge on any atom is 0.332 e. The number of carbonyl (C=O) groups excluding carboxylic acids is 1. The average Bonchev–Trinajstić information content (AvgIpc) is 2.59. The fourth-order valence-corrected chi connectivity index (χ4v) is 2.31. The van der Waals surface area contributed by atoms with Gasteiger partial charge >= 0.3 is 11.9 Å². The molecule has 0 amide bonds. The number of benzene rings is 1. The first-order valence-corrected chi connectivity index (χ1v) is 7.78. The molecule has 0 fully saturated rings. The van der Waals surface area contributed by atoms with Gasteiger partial charge in [-0.2, -0.15) is 8.78 Å². The fourth-order valence-electron chi connectivity index (χ4n) is 2.31. The molecular weight excluding hydrogens is 332 g/mol. The van der Waals surface area contributed by atoms with Crippen LogP contribution in [0.5, 0.6) is 0 Å². The predicted octanol–water partition coefficient (Wildman–Crippen LogP) is 4.14. The van der Waals surface area contributed by atoms with E-state index in [2.05, 4.69) is 15.9 Å². The lowest BCUT2D eigenvalue weighted by Gasteiger charge is -2.20. The van der Waals surface area contributed by atoms with Gasteiger partial charge in [0.25, 0.3) is 0 Å². The van der Waals surface area contributed by atoms with E-state index in [-0.39, 0.29) is 12.8 Å². The lowest BCUT2D eigenvalue weighted by Crippen LogP contribution is -2.25. The normalized spacial score (nSPS) is 20.0. The molecule has 132 valence electrons. The summed E-state index contributed by atoms with van der Waals surface area (Å²) >= 11 is 0. The number of nitrogens with zero attached hydrogens (tertiary/aromatic N) is 3. The molecule has 0 radical (unpaired) electrons. The van der Waals surface area contributed by atoms with E-state index in [0.717, 1.165) is 0 Å². The zero-order valence-electron chi connectivity index (χ0n) is 13.4. The quantitative estimate of drug-likeness (QED) is 0.254. The molecule has 6 nitrogen and oxygen atoms in total. The van der Waals surface area contributed by atoms with E-state index in [9.17, 15) is 13.6 Å². The summed E-state index contributed by atoms with van der Waals surface area (Å²) in [6.45, 7) is -0.409. The van der Waals surface area contributed by atoms with Crippen molar-refractivity contribution < 1.29 is 23.0 Å². The fraction of sp³-hybridized carbons (Fsp3) is 0.471. The minimum Gasteiger partial charge on any atom is -0.450 e. The summed E-state index contributed by atoms with van der Waals surface area (Å²) in [6, 6.07) is 8.52. The van der Waals surface area contributed by atoms with Crippen LogP contribution in [0.2, 0.25) is 0 Å². The highest BCUT2D eigenvalue weighted by Crippen LogP contribution is 2.25. The third-order valence-corrected chi connectivity index (χ3v) is 3.56. The van der Waals surface area contributed by atoms with Crippen LogP contribution in [0.15, 0.2) is 35.4 Å². The molecule has 8 heteroatoms. The van der Waals surface area contributed by atoms with Crippen LogP contribution in [-0.2, 0) is 14.3 Å². The van der Waals surface area contributed by atoms with E-state index in [1.807, 2.05) is 5.92 Å². The number of azide groups is 1. The van der Waals surface area contributed by atoms with Gasteiger partial charge in [-0.05, 0) is 35.0 Å². The van der Waals surface area contributed by atoms with Crippen molar-refractivity contribution in [1.82, 2.24) is 0 Å². The lowest BCUT2D eigenvalue weighted by atomic mass is 10.0. The Kier molecular flexibility index (Phi) is 6.75. The van der Waals surface area contributed by atoms with Crippen LogP contribution in [0.3, 0.4) is 0 Å².